The molecule has 174 valence electrons. The van der Waals surface area contributed by atoms with Crippen LogP contribution in [-0.4, -0.2) is 41.3 Å². The third-order valence-electron chi connectivity index (χ3n) is 5.10. The largest absolute Gasteiger partial charge is 0.497 e. The van der Waals surface area contributed by atoms with Gasteiger partial charge in [-0.3, -0.25) is 0 Å². The molecule has 3 aromatic rings. The molecule has 0 amide bonds. The van der Waals surface area contributed by atoms with Crippen LogP contribution in [0.4, 0.5) is 5.82 Å². The molecule has 0 fully saturated rings. The normalized spacial score (nSPS) is 11.5. The van der Waals surface area contributed by atoms with Crippen molar-refractivity contribution < 1.29 is 24.1 Å². The van der Waals surface area contributed by atoms with Gasteiger partial charge < -0.3 is 24.6 Å². The summed E-state index contributed by atoms with van der Waals surface area (Å²) < 4.78 is 16.5. The summed E-state index contributed by atoms with van der Waals surface area (Å²) in [7, 11) is 3.22. The van der Waals surface area contributed by atoms with Crippen molar-refractivity contribution >= 4 is 11.8 Å². The summed E-state index contributed by atoms with van der Waals surface area (Å²) >= 11 is 0. The molecule has 3 rings (SSSR count). The fraction of sp³-hybridized carbons (Fsp3) is 0.320. The molecule has 33 heavy (non-hydrogen) atoms. The van der Waals surface area contributed by atoms with Crippen molar-refractivity contribution in [2.45, 2.75) is 38.8 Å². The lowest BCUT2D eigenvalue weighted by Crippen LogP contribution is -2.29. The van der Waals surface area contributed by atoms with Crippen molar-refractivity contribution in [3.8, 4) is 28.5 Å². The molecule has 8 nitrogen and oxygen atoms in total. The molecule has 1 aromatic heterocycles. The minimum Gasteiger partial charge on any atom is -0.497 e. The van der Waals surface area contributed by atoms with Crippen LogP contribution in [0.25, 0.3) is 11.3 Å². The van der Waals surface area contributed by atoms with Crippen LogP contribution >= 0.6 is 0 Å². The van der Waals surface area contributed by atoms with E-state index in [2.05, 4.69) is 15.3 Å². The van der Waals surface area contributed by atoms with E-state index in [0.29, 0.717) is 41.8 Å². The van der Waals surface area contributed by atoms with Gasteiger partial charge in [0.1, 0.15) is 42.0 Å². The maximum absolute atomic E-state index is 11.5. The predicted octanol–water partition coefficient (Wildman–Crippen LogP) is 4.80. The van der Waals surface area contributed by atoms with Crippen molar-refractivity contribution in [1.29, 1.82) is 0 Å². The van der Waals surface area contributed by atoms with Gasteiger partial charge in [-0.15, -0.1) is 0 Å². The highest BCUT2D eigenvalue weighted by molar-refractivity contribution is 5.77. The zero-order valence-corrected chi connectivity index (χ0v) is 19.1. The molecule has 1 heterocycles. The average Bonchev–Trinajstić information content (AvgIpc) is 2.85. The smallest absolute Gasteiger partial charge is 0.326 e. The second-order valence-electron chi connectivity index (χ2n) is 7.50. The van der Waals surface area contributed by atoms with Gasteiger partial charge in [-0.2, -0.15) is 0 Å². The number of aromatic nitrogens is 2. The quantitative estimate of drug-likeness (QED) is 0.405. The molecule has 0 unspecified atom stereocenters. The first-order valence-electron chi connectivity index (χ1n) is 10.8. The summed E-state index contributed by atoms with van der Waals surface area (Å²) in [5, 5.41) is 12.4. The number of aliphatic carboxylic acids is 1. The zero-order chi connectivity index (χ0) is 23.6. The van der Waals surface area contributed by atoms with Crippen molar-refractivity contribution in [3.05, 3.63) is 60.4 Å². The van der Waals surface area contributed by atoms with Crippen LogP contribution in [0.1, 0.15) is 31.7 Å². The molecule has 2 aromatic carbocycles. The molecular formula is C25H29N3O5. The number of rotatable bonds is 12. The highest BCUT2D eigenvalue weighted by atomic mass is 16.5. The molecule has 0 saturated heterocycles. The number of hydrogen-bond acceptors (Lipinski definition) is 7. The Labute approximate surface area is 193 Å². The third-order valence-corrected chi connectivity index (χ3v) is 5.10. The molecule has 0 aliphatic rings. The molecule has 0 spiro atoms. The van der Waals surface area contributed by atoms with Crippen LogP contribution in [0.5, 0.6) is 17.2 Å². The highest BCUT2D eigenvalue weighted by Gasteiger charge is 2.17. The van der Waals surface area contributed by atoms with Crippen LogP contribution in [0.3, 0.4) is 0 Å². The number of benzene rings is 2. The summed E-state index contributed by atoms with van der Waals surface area (Å²) in [4.78, 5) is 20.0. The van der Waals surface area contributed by atoms with E-state index in [1.54, 1.807) is 20.3 Å². The number of nitrogens with one attached hydrogen (secondary N) is 1. The lowest BCUT2D eigenvalue weighted by Gasteiger charge is -2.15. The van der Waals surface area contributed by atoms with Crippen LogP contribution in [0.15, 0.2) is 54.9 Å². The lowest BCUT2D eigenvalue weighted by atomic mass is 10.1. The maximum atomic E-state index is 11.5. The molecular weight excluding hydrogens is 422 g/mol. The number of unbranched alkanes of at least 4 members (excludes halogenated alkanes) is 1. The molecule has 0 aliphatic carbocycles. The summed E-state index contributed by atoms with van der Waals surface area (Å²) in [5.41, 5.74) is 2.49. The monoisotopic (exact) mass is 451 g/mol. The van der Waals surface area contributed by atoms with E-state index in [-0.39, 0.29) is 0 Å². The number of anilines is 1. The summed E-state index contributed by atoms with van der Waals surface area (Å²) in [6, 6.07) is 14.2. The minimum absolute atomic E-state index is 0.364. The van der Waals surface area contributed by atoms with Gasteiger partial charge >= 0.3 is 5.97 Å². The van der Waals surface area contributed by atoms with Crippen molar-refractivity contribution in [2.75, 3.05) is 19.5 Å². The Balaban J connectivity index is 1.66. The highest BCUT2D eigenvalue weighted by Crippen LogP contribution is 2.25. The molecule has 0 radical (unpaired) electrons. The Morgan fingerprint density at radius 2 is 1.70 bits per heavy atom. The van der Waals surface area contributed by atoms with Gasteiger partial charge in [-0.1, -0.05) is 19.8 Å². The van der Waals surface area contributed by atoms with Crippen molar-refractivity contribution in [1.82, 2.24) is 9.97 Å². The van der Waals surface area contributed by atoms with Crippen molar-refractivity contribution in [3.63, 3.8) is 0 Å². The van der Waals surface area contributed by atoms with E-state index in [1.807, 2.05) is 49.4 Å². The summed E-state index contributed by atoms with van der Waals surface area (Å²) in [6.45, 7) is 2.39. The standard InChI is InChI=1S/C25H29N3O5/c1-4-5-6-22(25(29)30)28-24-14-23(26-16-27-24)18-7-9-19(10-8-18)33-15-17-11-20(31-2)13-21(12-17)32-3/h7-14,16,22H,4-6,15H2,1-3H3,(H,29,30)(H,26,27,28)/t22-/m0/s1. The van der Waals surface area contributed by atoms with Crippen molar-refractivity contribution in [2.24, 2.45) is 0 Å². The Kier molecular flexibility index (Phi) is 8.46. The van der Waals surface area contributed by atoms with Gasteiger partial charge in [0.15, 0.2) is 0 Å². The van der Waals surface area contributed by atoms with Crippen LogP contribution < -0.4 is 19.5 Å². The topological polar surface area (TPSA) is 103 Å². The number of methoxy groups -OCH3 is 2. The predicted molar refractivity (Wildman–Crippen MR) is 126 cm³/mol. The van der Waals surface area contributed by atoms with E-state index >= 15 is 0 Å². The number of carboxylic acid groups (broad SMARTS) is 1. The summed E-state index contributed by atoms with van der Waals surface area (Å²) in [6.07, 6.45) is 3.72. The molecule has 1 atom stereocenters. The van der Waals surface area contributed by atoms with Crippen LogP contribution in [-0.2, 0) is 11.4 Å². The molecule has 0 bridgehead atoms. The van der Waals surface area contributed by atoms with E-state index in [4.69, 9.17) is 14.2 Å². The van der Waals surface area contributed by atoms with Crippen LogP contribution in [0.2, 0.25) is 0 Å². The fourth-order valence-electron chi connectivity index (χ4n) is 3.28. The second kappa shape index (κ2) is 11.7. The first-order chi connectivity index (χ1) is 16.0. The molecule has 8 heteroatoms. The Hall–Kier alpha value is -3.81. The SMILES string of the molecule is CCCC[C@H](Nc1cc(-c2ccc(OCc3cc(OC)cc(OC)c3)cc2)ncn1)C(=O)O. The van der Waals surface area contributed by atoms with Gasteiger partial charge in [0.25, 0.3) is 0 Å². The number of carboxylic acids is 1. The number of ether oxygens (including phenoxy) is 3. The summed E-state index contributed by atoms with van der Waals surface area (Å²) in [5.74, 6) is 1.71. The third kappa shape index (κ3) is 6.83. The number of hydrogen-bond donors (Lipinski definition) is 2. The Bertz CT molecular complexity index is 1030. The van der Waals surface area contributed by atoms with E-state index < -0.39 is 12.0 Å². The van der Waals surface area contributed by atoms with Crippen LogP contribution in [0, 0.1) is 0 Å². The van der Waals surface area contributed by atoms with E-state index in [1.165, 1.54) is 6.33 Å². The lowest BCUT2D eigenvalue weighted by molar-refractivity contribution is -0.138. The van der Waals surface area contributed by atoms with Gasteiger partial charge in [-0.05, 0) is 48.4 Å². The maximum Gasteiger partial charge on any atom is 0.326 e. The molecule has 0 saturated carbocycles. The van der Waals surface area contributed by atoms with Gasteiger partial charge in [0.05, 0.1) is 19.9 Å². The Morgan fingerprint density at radius 3 is 2.30 bits per heavy atom. The zero-order valence-electron chi connectivity index (χ0n) is 19.1. The first-order valence-corrected chi connectivity index (χ1v) is 10.8. The van der Waals surface area contributed by atoms with E-state index in [0.717, 1.165) is 24.0 Å². The molecule has 2 N–H and O–H groups in total. The van der Waals surface area contributed by atoms with Gasteiger partial charge in [0.2, 0.25) is 0 Å². The first kappa shape index (κ1) is 23.8. The molecule has 0 aliphatic heterocycles. The van der Waals surface area contributed by atoms with E-state index in [9.17, 15) is 9.90 Å². The fourth-order valence-corrected chi connectivity index (χ4v) is 3.28. The average molecular weight is 452 g/mol. The number of nitrogens with zero attached hydrogens (tertiary/aromatic N) is 2. The number of carbonyl (C=O) groups is 1. The van der Waals surface area contributed by atoms with Gasteiger partial charge in [-0.25, -0.2) is 14.8 Å². The van der Waals surface area contributed by atoms with Gasteiger partial charge in [0, 0.05) is 17.7 Å². The second-order valence-corrected chi connectivity index (χ2v) is 7.50. The Morgan fingerprint density at radius 1 is 1.00 bits per heavy atom. The minimum atomic E-state index is -0.890.